The molecule has 0 saturated carbocycles. The van der Waals surface area contributed by atoms with Gasteiger partial charge in [0.2, 0.25) is 0 Å². The van der Waals surface area contributed by atoms with Crippen LogP contribution in [-0.4, -0.2) is 29.0 Å². The zero-order valence-electron chi connectivity index (χ0n) is 13.6. The Morgan fingerprint density at radius 2 is 1.88 bits per heavy atom. The fourth-order valence-corrected chi connectivity index (χ4v) is 2.43. The molecule has 5 nitrogen and oxygen atoms in total. The van der Waals surface area contributed by atoms with Gasteiger partial charge < -0.3 is 10.2 Å². The minimum atomic E-state index is -4.61. The van der Waals surface area contributed by atoms with Gasteiger partial charge in [0.25, 0.3) is 5.91 Å². The standard InChI is InChI=1S/C16H16ClF3N4O/c1-3-24(4-2)14-8-13(21-9-22-14)15(25)23-10-5-6-12(17)11(7-10)16(18,19)20/h5-9H,3-4H2,1-2H3,(H,23,25). The van der Waals surface area contributed by atoms with E-state index < -0.39 is 22.7 Å². The molecule has 0 bridgehead atoms. The zero-order chi connectivity index (χ0) is 18.6. The fourth-order valence-electron chi connectivity index (χ4n) is 2.21. The second-order valence-electron chi connectivity index (χ2n) is 5.08. The minimum absolute atomic E-state index is 0.0234. The van der Waals surface area contributed by atoms with Crippen LogP contribution in [-0.2, 0) is 6.18 Å². The summed E-state index contributed by atoms with van der Waals surface area (Å²) < 4.78 is 38.7. The number of hydrogen-bond acceptors (Lipinski definition) is 4. The van der Waals surface area contributed by atoms with Gasteiger partial charge in [0.1, 0.15) is 17.8 Å². The number of anilines is 2. The van der Waals surface area contributed by atoms with Crippen LogP contribution in [0.15, 0.2) is 30.6 Å². The first-order chi connectivity index (χ1) is 11.8. The third-order valence-corrected chi connectivity index (χ3v) is 3.83. The predicted octanol–water partition coefficient (Wildman–Crippen LogP) is 4.25. The van der Waals surface area contributed by atoms with E-state index in [2.05, 4.69) is 15.3 Å². The van der Waals surface area contributed by atoms with Crippen LogP contribution in [0, 0.1) is 0 Å². The summed E-state index contributed by atoms with van der Waals surface area (Å²) in [5, 5.41) is 1.96. The smallest absolute Gasteiger partial charge is 0.357 e. The van der Waals surface area contributed by atoms with Gasteiger partial charge in [0, 0.05) is 24.8 Å². The first kappa shape index (κ1) is 19.0. The molecule has 2 rings (SSSR count). The molecule has 1 amide bonds. The molecule has 0 aliphatic rings. The SMILES string of the molecule is CCN(CC)c1cc(C(=O)Nc2ccc(Cl)c(C(F)(F)F)c2)ncn1. The molecule has 1 aromatic heterocycles. The van der Waals surface area contributed by atoms with Gasteiger partial charge in [-0.15, -0.1) is 0 Å². The Morgan fingerprint density at radius 3 is 2.48 bits per heavy atom. The number of amides is 1. The van der Waals surface area contributed by atoms with Gasteiger partial charge in [-0.05, 0) is 32.0 Å². The average molecular weight is 373 g/mol. The molecule has 0 aliphatic carbocycles. The number of hydrogen-bond donors (Lipinski definition) is 1. The number of nitrogens with zero attached hydrogens (tertiary/aromatic N) is 3. The molecule has 0 saturated heterocycles. The second kappa shape index (κ2) is 7.69. The van der Waals surface area contributed by atoms with Crippen LogP contribution in [0.2, 0.25) is 5.02 Å². The Balaban J connectivity index is 2.24. The van der Waals surface area contributed by atoms with Crippen molar-refractivity contribution in [1.29, 1.82) is 0 Å². The molecular weight excluding hydrogens is 357 g/mol. The molecule has 0 atom stereocenters. The van der Waals surface area contributed by atoms with Crippen molar-refractivity contribution in [2.45, 2.75) is 20.0 Å². The van der Waals surface area contributed by atoms with Gasteiger partial charge in [-0.25, -0.2) is 9.97 Å². The van der Waals surface area contributed by atoms with E-state index in [1.807, 2.05) is 18.7 Å². The summed E-state index contributed by atoms with van der Waals surface area (Å²) in [6.07, 6.45) is -3.37. The maximum atomic E-state index is 12.9. The third-order valence-electron chi connectivity index (χ3n) is 3.50. The minimum Gasteiger partial charge on any atom is -0.357 e. The number of alkyl halides is 3. The maximum Gasteiger partial charge on any atom is 0.417 e. The molecule has 0 spiro atoms. The quantitative estimate of drug-likeness (QED) is 0.852. The summed E-state index contributed by atoms with van der Waals surface area (Å²) in [6, 6.07) is 4.65. The molecule has 25 heavy (non-hydrogen) atoms. The van der Waals surface area contributed by atoms with Gasteiger partial charge in [0.15, 0.2) is 0 Å². The Labute approximate surface area is 147 Å². The van der Waals surface area contributed by atoms with Crippen LogP contribution in [0.5, 0.6) is 0 Å². The van der Waals surface area contributed by atoms with Crippen LogP contribution < -0.4 is 10.2 Å². The Kier molecular flexibility index (Phi) is 5.84. The molecule has 1 aromatic carbocycles. The van der Waals surface area contributed by atoms with E-state index in [0.29, 0.717) is 18.9 Å². The van der Waals surface area contributed by atoms with Gasteiger partial charge in [-0.3, -0.25) is 4.79 Å². The highest BCUT2D eigenvalue weighted by Gasteiger charge is 2.33. The van der Waals surface area contributed by atoms with Crippen molar-refractivity contribution in [2.24, 2.45) is 0 Å². The van der Waals surface area contributed by atoms with Crippen molar-refractivity contribution in [1.82, 2.24) is 9.97 Å². The lowest BCUT2D eigenvalue weighted by atomic mass is 10.2. The van der Waals surface area contributed by atoms with E-state index in [1.54, 1.807) is 0 Å². The molecule has 1 heterocycles. The number of aromatic nitrogens is 2. The van der Waals surface area contributed by atoms with Crippen molar-refractivity contribution in [3.05, 3.63) is 46.9 Å². The van der Waals surface area contributed by atoms with Crippen molar-refractivity contribution < 1.29 is 18.0 Å². The van der Waals surface area contributed by atoms with E-state index >= 15 is 0 Å². The van der Waals surface area contributed by atoms with Gasteiger partial charge >= 0.3 is 6.18 Å². The summed E-state index contributed by atoms with van der Waals surface area (Å²) in [5.74, 6) is -0.0662. The summed E-state index contributed by atoms with van der Waals surface area (Å²) in [7, 11) is 0. The molecule has 9 heteroatoms. The van der Waals surface area contributed by atoms with Crippen LogP contribution in [0.1, 0.15) is 29.9 Å². The highest BCUT2D eigenvalue weighted by molar-refractivity contribution is 6.31. The Hall–Kier alpha value is -2.35. The summed E-state index contributed by atoms with van der Waals surface area (Å²) in [4.78, 5) is 22.2. The van der Waals surface area contributed by atoms with Crippen LogP contribution >= 0.6 is 11.6 Å². The monoisotopic (exact) mass is 372 g/mol. The molecule has 2 aromatic rings. The summed E-state index contributed by atoms with van der Waals surface area (Å²) >= 11 is 5.56. The van der Waals surface area contributed by atoms with Crippen molar-refractivity contribution in [3.8, 4) is 0 Å². The van der Waals surface area contributed by atoms with Crippen molar-refractivity contribution in [2.75, 3.05) is 23.3 Å². The number of carbonyl (C=O) groups is 1. The van der Waals surface area contributed by atoms with Crippen LogP contribution in [0.4, 0.5) is 24.7 Å². The lowest BCUT2D eigenvalue weighted by molar-refractivity contribution is -0.137. The Morgan fingerprint density at radius 1 is 1.20 bits per heavy atom. The first-order valence-corrected chi connectivity index (χ1v) is 7.89. The second-order valence-corrected chi connectivity index (χ2v) is 5.49. The molecular formula is C16H16ClF3N4O. The fraction of sp³-hybridized carbons (Fsp3) is 0.312. The molecule has 1 N–H and O–H groups in total. The Bertz CT molecular complexity index is 763. The number of nitrogens with one attached hydrogen (secondary N) is 1. The lowest BCUT2D eigenvalue weighted by Gasteiger charge is -2.19. The number of carbonyl (C=O) groups excluding carboxylic acids is 1. The van der Waals surface area contributed by atoms with Crippen molar-refractivity contribution in [3.63, 3.8) is 0 Å². The zero-order valence-corrected chi connectivity index (χ0v) is 14.3. The van der Waals surface area contributed by atoms with E-state index in [0.717, 1.165) is 12.1 Å². The van der Waals surface area contributed by atoms with Crippen LogP contribution in [0.25, 0.3) is 0 Å². The maximum absolute atomic E-state index is 12.9. The third kappa shape index (κ3) is 4.60. The largest absolute Gasteiger partial charge is 0.417 e. The topological polar surface area (TPSA) is 58.1 Å². The van der Waals surface area contributed by atoms with E-state index in [-0.39, 0.29) is 11.4 Å². The average Bonchev–Trinajstić information content (AvgIpc) is 2.57. The first-order valence-electron chi connectivity index (χ1n) is 7.51. The predicted molar refractivity (Wildman–Crippen MR) is 90.0 cm³/mol. The highest BCUT2D eigenvalue weighted by Crippen LogP contribution is 2.36. The summed E-state index contributed by atoms with van der Waals surface area (Å²) in [5.41, 5.74) is -0.983. The molecule has 0 fully saturated rings. The van der Waals surface area contributed by atoms with E-state index in [4.69, 9.17) is 11.6 Å². The van der Waals surface area contributed by atoms with Gasteiger partial charge in [-0.1, -0.05) is 11.6 Å². The molecule has 0 unspecified atom stereocenters. The number of rotatable bonds is 5. The van der Waals surface area contributed by atoms with E-state index in [9.17, 15) is 18.0 Å². The number of halogens is 4. The van der Waals surface area contributed by atoms with Gasteiger partial charge in [-0.2, -0.15) is 13.2 Å². The lowest BCUT2D eigenvalue weighted by Crippen LogP contribution is -2.24. The highest BCUT2D eigenvalue weighted by atomic mass is 35.5. The molecule has 134 valence electrons. The van der Waals surface area contributed by atoms with Gasteiger partial charge in [0.05, 0.1) is 10.6 Å². The normalized spacial score (nSPS) is 11.3. The molecule has 0 radical (unpaired) electrons. The number of benzene rings is 1. The molecule has 0 aliphatic heterocycles. The van der Waals surface area contributed by atoms with E-state index in [1.165, 1.54) is 18.5 Å². The van der Waals surface area contributed by atoms with Crippen molar-refractivity contribution >= 4 is 29.0 Å². The summed E-state index contributed by atoms with van der Waals surface area (Å²) in [6.45, 7) is 5.27. The van der Waals surface area contributed by atoms with Crippen LogP contribution in [0.3, 0.4) is 0 Å².